The lowest BCUT2D eigenvalue weighted by molar-refractivity contribution is -0.113. The third-order valence-electron chi connectivity index (χ3n) is 5.00. The summed E-state index contributed by atoms with van der Waals surface area (Å²) in [5.74, 6) is -0.451. The number of anilines is 2. The lowest BCUT2D eigenvalue weighted by Gasteiger charge is -2.28. The number of nitrogens with one attached hydrogen (secondary N) is 1. The highest BCUT2D eigenvalue weighted by atomic mass is 32.2. The summed E-state index contributed by atoms with van der Waals surface area (Å²) < 4.78 is 14.2. The zero-order chi connectivity index (χ0) is 21.2. The summed E-state index contributed by atoms with van der Waals surface area (Å²) in [6.45, 7) is 1.73. The van der Waals surface area contributed by atoms with Crippen molar-refractivity contribution in [3.05, 3.63) is 71.8 Å². The molecule has 0 aliphatic carbocycles. The molecule has 0 fully saturated rings. The number of aromatic nitrogens is 3. The van der Waals surface area contributed by atoms with Gasteiger partial charge in [-0.05, 0) is 35.7 Å². The van der Waals surface area contributed by atoms with Crippen molar-refractivity contribution in [3.8, 4) is 0 Å². The zero-order valence-electron chi connectivity index (χ0n) is 16.4. The van der Waals surface area contributed by atoms with E-state index in [9.17, 15) is 9.18 Å². The third kappa shape index (κ3) is 4.38. The summed E-state index contributed by atoms with van der Waals surface area (Å²) in [6, 6.07) is 14.3. The molecule has 156 valence electrons. The summed E-state index contributed by atoms with van der Waals surface area (Å²) in [5, 5.41) is 4.34. The maximum absolute atomic E-state index is 13.3. The van der Waals surface area contributed by atoms with Gasteiger partial charge in [0, 0.05) is 18.8 Å². The molecular formula is C22H18FN5OS2. The number of halogens is 1. The van der Waals surface area contributed by atoms with Crippen molar-refractivity contribution < 1.29 is 9.18 Å². The average molecular weight is 452 g/mol. The monoisotopic (exact) mass is 451 g/mol. The van der Waals surface area contributed by atoms with Gasteiger partial charge in [-0.25, -0.2) is 14.4 Å². The van der Waals surface area contributed by atoms with E-state index in [0.29, 0.717) is 11.3 Å². The Morgan fingerprint density at radius 1 is 1.16 bits per heavy atom. The molecule has 0 spiro atoms. The molecule has 5 rings (SSSR count). The number of amides is 1. The van der Waals surface area contributed by atoms with E-state index >= 15 is 0 Å². The van der Waals surface area contributed by atoms with Gasteiger partial charge in [-0.1, -0.05) is 53.4 Å². The van der Waals surface area contributed by atoms with E-state index in [-0.39, 0.29) is 17.5 Å². The van der Waals surface area contributed by atoms with E-state index in [2.05, 4.69) is 44.5 Å². The molecule has 4 aromatic rings. The molecule has 0 saturated carbocycles. The molecule has 2 aromatic carbocycles. The van der Waals surface area contributed by atoms with Crippen LogP contribution in [0.25, 0.3) is 10.3 Å². The number of nitrogens with zero attached hydrogens (tertiary/aromatic N) is 4. The number of rotatable bonds is 5. The Morgan fingerprint density at radius 2 is 2.03 bits per heavy atom. The maximum Gasteiger partial charge on any atom is 0.234 e. The van der Waals surface area contributed by atoms with Gasteiger partial charge < -0.3 is 10.2 Å². The van der Waals surface area contributed by atoms with Crippen LogP contribution in [0.2, 0.25) is 0 Å². The van der Waals surface area contributed by atoms with E-state index in [1.165, 1.54) is 41.3 Å². The number of benzene rings is 2. The number of hydrogen-bond donors (Lipinski definition) is 1. The van der Waals surface area contributed by atoms with Crippen LogP contribution in [0, 0.1) is 5.82 Å². The van der Waals surface area contributed by atoms with Gasteiger partial charge in [0.1, 0.15) is 21.9 Å². The minimum Gasteiger partial charge on any atom is -0.343 e. The molecule has 0 radical (unpaired) electrons. The fourth-order valence-electron chi connectivity index (χ4n) is 3.52. The Balaban J connectivity index is 1.30. The fraction of sp³-hybridized carbons (Fsp3) is 0.182. The van der Waals surface area contributed by atoms with E-state index in [4.69, 9.17) is 4.98 Å². The Kier molecular flexibility index (Phi) is 5.52. The maximum atomic E-state index is 13.3. The fourth-order valence-corrected chi connectivity index (χ4v) is 5.43. The zero-order valence-corrected chi connectivity index (χ0v) is 18.0. The topological polar surface area (TPSA) is 71.0 Å². The van der Waals surface area contributed by atoms with Crippen molar-refractivity contribution >= 4 is 50.2 Å². The first-order valence-electron chi connectivity index (χ1n) is 9.77. The molecule has 0 bridgehead atoms. The van der Waals surface area contributed by atoms with Crippen molar-refractivity contribution in [2.75, 3.05) is 22.5 Å². The largest absolute Gasteiger partial charge is 0.343 e. The second-order valence-corrected chi connectivity index (χ2v) is 9.06. The van der Waals surface area contributed by atoms with Crippen LogP contribution in [-0.4, -0.2) is 33.2 Å². The lowest BCUT2D eigenvalue weighted by atomic mass is 10.0. The summed E-state index contributed by atoms with van der Waals surface area (Å²) in [7, 11) is 0. The first-order valence-corrected chi connectivity index (χ1v) is 11.6. The molecule has 2 aromatic heterocycles. The van der Waals surface area contributed by atoms with Gasteiger partial charge in [0.15, 0.2) is 10.8 Å². The number of carbonyl (C=O) groups is 1. The SMILES string of the molecule is O=C(CSc1ncnc2nc(N3CCc4ccccc4C3)sc12)Nc1cccc(F)c1. The standard InChI is InChI=1S/C22H18FN5OS2/c23-16-6-3-7-17(10-16)26-18(29)12-30-21-19-20(24-13-25-21)27-22(31-19)28-9-8-14-4-1-2-5-15(14)11-28/h1-7,10,13H,8-9,11-12H2,(H,26,29). The quantitative estimate of drug-likeness (QED) is 0.355. The number of fused-ring (bicyclic) bond motifs is 2. The van der Waals surface area contributed by atoms with Crippen LogP contribution >= 0.6 is 23.1 Å². The van der Waals surface area contributed by atoms with Crippen LogP contribution in [0.4, 0.5) is 15.2 Å². The predicted molar refractivity (Wildman–Crippen MR) is 122 cm³/mol. The van der Waals surface area contributed by atoms with Gasteiger partial charge in [0.05, 0.1) is 5.75 Å². The van der Waals surface area contributed by atoms with Gasteiger partial charge >= 0.3 is 0 Å². The summed E-state index contributed by atoms with van der Waals surface area (Å²) >= 11 is 2.88. The van der Waals surface area contributed by atoms with Crippen LogP contribution in [0.5, 0.6) is 0 Å². The van der Waals surface area contributed by atoms with E-state index in [1.807, 2.05) is 0 Å². The van der Waals surface area contributed by atoms with Crippen LogP contribution in [0.15, 0.2) is 59.9 Å². The smallest absolute Gasteiger partial charge is 0.234 e. The van der Waals surface area contributed by atoms with Crippen molar-refractivity contribution in [2.24, 2.45) is 0 Å². The van der Waals surface area contributed by atoms with Gasteiger partial charge in [-0.2, -0.15) is 4.98 Å². The lowest BCUT2D eigenvalue weighted by Crippen LogP contribution is -2.30. The Labute approximate surface area is 186 Å². The highest BCUT2D eigenvalue weighted by Gasteiger charge is 2.21. The van der Waals surface area contributed by atoms with Crippen molar-refractivity contribution in [1.82, 2.24) is 15.0 Å². The Bertz CT molecular complexity index is 1260. The molecule has 6 nitrogen and oxygen atoms in total. The molecule has 1 aliphatic rings. The molecule has 9 heteroatoms. The molecule has 31 heavy (non-hydrogen) atoms. The molecule has 3 heterocycles. The third-order valence-corrected chi connectivity index (χ3v) is 7.23. The number of hydrogen-bond acceptors (Lipinski definition) is 7. The number of carbonyl (C=O) groups excluding carboxylic acids is 1. The normalized spacial score (nSPS) is 13.3. The Hall–Kier alpha value is -3.04. The summed E-state index contributed by atoms with van der Waals surface area (Å²) in [6.07, 6.45) is 2.46. The van der Waals surface area contributed by atoms with Gasteiger partial charge in [0.2, 0.25) is 5.91 Å². The van der Waals surface area contributed by atoms with E-state index < -0.39 is 0 Å². The first-order chi connectivity index (χ1) is 15.2. The Morgan fingerprint density at radius 3 is 2.90 bits per heavy atom. The molecule has 0 saturated heterocycles. The molecule has 0 unspecified atom stereocenters. The van der Waals surface area contributed by atoms with E-state index in [0.717, 1.165) is 34.4 Å². The van der Waals surface area contributed by atoms with Crippen molar-refractivity contribution in [3.63, 3.8) is 0 Å². The van der Waals surface area contributed by atoms with Crippen LogP contribution < -0.4 is 10.2 Å². The van der Waals surface area contributed by atoms with Gasteiger partial charge in [-0.3, -0.25) is 4.79 Å². The minimum atomic E-state index is -0.388. The van der Waals surface area contributed by atoms with Crippen molar-refractivity contribution in [2.45, 2.75) is 18.0 Å². The number of thioether (sulfide) groups is 1. The molecule has 0 atom stereocenters. The van der Waals surface area contributed by atoms with Gasteiger partial charge in [0.25, 0.3) is 0 Å². The first kappa shape index (κ1) is 19.9. The summed E-state index contributed by atoms with van der Waals surface area (Å²) in [4.78, 5) is 27.9. The second kappa shape index (κ2) is 8.60. The molecule has 1 aliphatic heterocycles. The van der Waals surface area contributed by atoms with Crippen LogP contribution in [-0.2, 0) is 17.8 Å². The van der Waals surface area contributed by atoms with E-state index in [1.54, 1.807) is 23.5 Å². The van der Waals surface area contributed by atoms with Crippen LogP contribution in [0.1, 0.15) is 11.1 Å². The average Bonchev–Trinajstić information content (AvgIpc) is 3.22. The highest BCUT2D eigenvalue weighted by Crippen LogP contribution is 2.35. The van der Waals surface area contributed by atoms with Crippen molar-refractivity contribution in [1.29, 1.82) is 0 Å². The molecule has 1 N–H and O–H groups in total. The number of thiazole rings is 1. The van der Waals surface area contributed by atoms with Crippen LogP contribution in [0.3, 0.4) is 0 Å². The molecule has 1 amide bonds. The highest BCUT2D eigenvalue weighted by molar-refractivity contribution is 8.00. The predicted octanol–water partition coefficient (Wildman–Crippen LogP) is 4.52. The van der Waals surface area contributed by atoms with Gasteiger partial charge in [-0.15, -0.1) is 0 Å². The molecular weight excluding hydrogens is 433 g/mol. The second-order valence-electron chi connectivity index (χ2n) is 7.12. The minimum absolute atomic E-state index is 0.160. The summed E-state index contributed by atoms with van der Waals surface area (Å²) in [5.41, 5.74) is 3.79.